The van der Waals surface area contributed by atoms with Gasteiger partial charge in [-0.3, -0.25) is 9.59 Å². The van der Waals surface area contributed by atoms with Crippen LogP contribution in [0.1, 0.15) is 47.0 Å². The summed E-state index contributed by atoms with van der Waals surface area (Å²) in [5, 5.41) is 0. The van der Waals surface area contributed by atoms with Gasteiger partial charge in [0.05, 0.1) is 7.11 Å². The van der Waals surface area contributed by atoms with Crippen molar-refractivity contribution in [3.05, 3.63) is 0 Å². The number of nitrogens with zero attached hydrogens (tertiary/aromatic N) is 1. The second-order valence-corrected chi connectivity index (χ2v) is 7.73. The third-order valence-electron chi connectivity index (χ3n) is 5.17. The quantitative estimate of drug-likeness (QED) is 0.547. The largest absolute Gasteiger partial charge is 0.468 e. The van der Waals surface area contributed by atoms with Crippen LogP contribution in [-0.2, 0) is 19.1 Å². The van der Waals surface area contributed by atoms with Crippen molar-refractivity contribution in [1.29, 1.82) is 0 Å². The Morgan fingerprint density at radius 1 is 1.22 bits per heavy atom. The Morgan fingerprint density at radius 3 is 2.26 bits per heavy atom. The summed E-state index contributed by atoms with van der Waals surface area (Å²) in [6.07, 6.45) is 1.32. The number of carbonyl (C=O) groups excluding carboxylic acids is 3. The van der Waals surface area contributed by atoms with Crippen LogP contribution in [0.5, 0.6) is 0 Å². The van der Waals surface area contributed by atoms with Crippen LogP contribution >= 0.6 is 0 Å². The Balaban J connectivity index is 2.10. The number of ether oxygens (including phenoxy) is 2. The first-order valence-corrected chi connectivity index (χ1v) is 8.19. The van der Waals surface area contributed by atoms with Crippen molar-refractivity contribution in [1.82, 2.24) is 4.90 Å². The molecule has 0 bridgehead atoms. The smallest absolute Gasteiger partial charge is 0.410 e. The van der Waals surface area contributed by atoms with Gasteiger partial charge in [-0.15, -0.1) is 0 Å². The van der Waals surface area contributed by atoms with Crippen LogP contribution in [0, 0.1) is 17.3 Å². The molecule has 1 spiro atoms. The average Bonchev–Trinajstić information content (AvgIpc) is 2.68. The van der Waals surface area contributed by atoms with Crippen LogP contribution < -0.4 is 0 Å². The molecule has 0 radical (unpaired) electrons. The van der Waals surface area contributed by atoms with Gasteiger partial charge in [-0.2, -0.15) is 0 Å². The number of rotatable bonds is 1. The zero-order chi connectivity index (χ0) is 17.4. The molecule has 2 fully saturated rings. The molecule has 0 aromatic rings. The molecule has 0 N–H and O–H groups in total. The minimum absolute atomic E-state index is 0.0323. The monoisotopic (exact) mass is 325 g/mol. The molecule has 1 saturated heterocycles. The van der Waals surface area contributed by atoms with Crippen molar-refractivity contribution in [2.45, 2.75) is 52.6 Å². The second kappa shape index (κ2) is 6.13. The molecule has 2 atom stereocenters. The SMILES string of the molecule is COC(=O)C1C(=O)CC(C)C12CCN(C(=O)OC(C)(C)C)CC2. The third-order valence-corrected chi connectivity index (χ3v) is 5.17. The average molecular weight is 325 g/mol. The summed E-state index contributed by atoms with van der Waals surface area (Å²) in [5.41, 5.74) is -0.917. The van der Waals surface area contributed by atoms with Crippen LogP contribution in [0.3, 0.4) is 0 Å². The van der Waals surface area contributed by atoms with Gasteiger partial charge in [-0.25, -0.2) is 4.79 Å². The molecule has 0 aromatic carbocycles. The van der Waals surface area contributed by atoms with E-state index < -0.39 is 17.5 Å². The van der Waals surface area contributed by atoms with Gasteiger partial charge in [0.2, 0.25) is 0 Å². The molecule has 6 heteroatoms. The van der Waals surface area contributed by atoms with Gasteiger partial charge in [0.1, 0.15) is 17.3 Å². The predicted octanol–water partition coefficient (Wildman–Crippen LogP) is 2.40. The summed E-state index contributed by atoms with van der Waals surface area (Å²) >= 11 is 0. The van der Waals surface area contributed by atoms with E-state index in [0.717, 1.165) is 0 Å². The summed E-state index contributed by atoms with van der Waals surface area (Å²) in [6.45, 7) is 8.52. The minimum atomic E-state index is -0.691. The number of likely N-dealkylation sites (tertiary alicyclic amines) is 1. The molecule has 2 aliphatic rings. The van der Waals surface area contributed by atoms with E-state index in [1.165, 1.54) is 7.11 Å². The number of piperidine rings is 1. The minimum Gasteiger partial charge on any atom is -0.468 e. The lowest BCUT2D eigenvalue weighted by Crippen LogP contribution is -2.50. The summed E-state index contributed by atoms with van der Waals surface area (Å²) in [6, 6.07) is 0. The number of ketones is 1. The van der Waals surface area contributed by atoms with Gasteiger partial charge in [0, 0.05) is 19.5 Å². The summed E-state index contributed by atoms with van der Waals surface area (Å²) in [7, 11) is 1.32. The number of Topliss-reactive ketones (excluding diaryl/α,β-unsaturated/α-hetero) is 1. The maximum absolute atomic E-state index is 12.3. The van der Waals surface area contributed by atoms with Crippen molar-refractivity contribution >= 4 is 17.8 Å². The highest BCUT2D eigenvalue weighted by molar-refractivity contribution is 6.02. The maximum Gasteiger partial charge on any atom is 0.410 e. The van der Waals surface area contributed by atoms with E-state index in [1.54, 1.807) is 4.90 Å². The Hall–Kier alpha value is -1.59. The number of hydrogen-bond acceptors (Lipinski definition) is 5. The van der Waals surface area contributed by atoms with Gasteiger partial charge in [0.15, 0.2) is 0 Å². The molecular formula is C17H27NO5. The zero-order valence-electron chi connectivity index (χ0n) is 14.7. The van der Waals surface area contributed by atoms with E-state index in [-0.39, 0.29) is 23.2 Å². The van der Waals surface area contributed by atoms with E-state index in [1.807, 2.05) is 27.7 Å². The van der Waals surface area contributed by atoms with Crippen LogP contribution in [0.25, 0.3) is 0 Å². The lowest BCUT2D eigenvalue weighted by Gasteiger charge is -2.44. The van der Waals surface area contributed by atoms with Gasteiger partial charge in [0.25, 0.3) is 0 Å². The summed E-state index contributed by atoms with van der Waals surface area (Å²) < 4.78 is 10.3. The standard InChI is InChI=1S/C17H27NO5/c1-11-10-12(19)13(14(20)22-5)17(11)6-8-18(9-7-17)15(21)23-16(2,3)4/h11,13H,6-10H2,1-5H3. The molecule has 2 unspecified atom stereocenters. The van der Waals surface area contributed by atoms with Crippen LogP contribution in [0.2, 0.25) is 0 Å². The van der Waals surface area contributed by atoms with Crippen molar-refractivity contribution in [2.24, 2.45) is 17.3 Å². The highest BCUT2D eigenvalue weighted by atomic mass is 16.6. The number of methoxy groups -OCH3 is 1. The molecule has 2 rings (SSSR count). The lowest BCUT2D eigenvalue weighted by molar-refractivity contribution is -0.154. The van der Waals surface area contributed by atoms with Gasteiger partial charge in [-0.1, -0.05) is 6.92 Å². The van der Waals surface area contributed by atoms with Crippen molar-refractivity contribution in [3.63, 3.8) is 0 Å². The molecule has 1 aliphatic carbocycles. The Kier molecular flexibility index (Phi) is 4.74. The molecule has 6 nitrogen and oxygen atoms in total. The highest BCUT2D eigenvalue weighted by Crippen LogP contribution is 2.53. The van der Waals surface area contributed by atoms with Gasteiger partial charge in [-0.05, 0) is 44.9 Å². The Labute approximate surface area is 137 Å². The molecular weight excluding hydrogens is 298 g/mol. The topological polar surface area (TPSA) is 72.9 Å². The van der Waals surface area contributed by atoms with Crippen molar-refractivity contribution in [2.75, 3.05) is 20.2 Å². The fraction of sp³-hybridized carbons (Fsp3) is 0.824. The molecule has 130 valence electrons. The van der Waals surface area contributed by atoms with Crippen molar-refractivity contribution < 1.29 is 23.9 Å². The normalized spacial score (nSPS) is 27.2. The highest BCUT2D eigenvalue weighted by Gasteiger charge is 2.57. The predicted molar refractivity (Wildman–Crippen MR) is 83.8 cm³/mol. The number of amides is 1. The van der Waals surface area contributed by atoms with E-state index >= 15 is 0 Å². The maximum atomic E-state index is 12.3. The lowest BCUT2D eigenvalue weighted by atomic mass is 9.66. The Bertz CT molecular complexity index is 492. The molecule has 1 heterocycles. The van der Waals surface area contributed by atoms with Crippen LogP contribution in [0.15, 0.2) is 0 Å². The molecule has 0 aromatic heterocycles. The van der Waals surface area contributed by atoms with Gasteiger partial charge < -0.3 is 14.4 Å². The molecule has 1 aliphatic heterocycles. The molecule has 23 heavy (non-hydrogen) atoms. The van der Waals surface area contributed by atoms with E-state index in [0.29, 0.717) is 32.4 Å². The van der Waals surface area contributed by atoms with Crippen LogP contribution in [0.4, 0.5) is 4.79 Å². The third kappa shape index (κ3) is 3.35. The number of esters is 1. The zero-order valence-corrected chi connectivity index (χ0v) is 14.7. The van der Waals surface area contributed by atoms with Gasteiger partial charge >= 0.3 is 12.1 Å². The second-order valence-electron chi connectivity index (χ2n) is 7.73. The van der Waals surface area contributed by atoms with E-state index in [4.69, 9.17) is 9.47 Å². The van der Waals surface area contributed by atoms with Crippen molar-refractivity contribution in [3.8, 4) is 0 Å². The number of hydrogen-bond donors (Lipinski definition) is 0. The molecule has 1 saturated carbocycles. The fourth-order valence-electron chi connectivity index (χ4n) is 3.93. The summed E-state index contributed by atoms with van der Waals surface area (Å²) in [5.74, 6) is -1.04. The first-order chi connectivity index (χ1) is 10.6. The van der Waals surface area contributed by atoms with Crippen LogP contribution in [-0.4, -0.2) is 48.5 Å². The fourth-order valence-corrected chi connectivity index (χ4v) is 3.93. The first kappa shape index (κ1) is 17.8. The first-order valence-electron chi connectivity index (χ1n) is 8.19. The Morgan fingerprint density at radius 2 is 1.78 bits per heavy atom. The van der Waals surface area contributed by atoms with E-state index in [2.05, 4.69) is 0 Å². The number of carbonyl (C=O) groups is 3. The molecule has 1 amide bonds. The van der Waals surface area contributed by atoms with E-state index in [9.17, 15) is 14.4 Å². The summed E-state index contributed by atoms with van der Waals surface area (Å²) in [4.78, 5) is 38.2.